The fourth-order valence-corrected chi connectivity index (χ4v) is 4.09. The number of hydrogen-bond donors (Lipinski definition) is 4. The lowest BCUT2D eigenvalue weighted by Crippen LogP contribution is -2.44. The summed E-state index contributed by atoms with van der Waals surface area (Å²) in [5.74, 6) is -1.12. The standard InChI is InChI=1S/C27H33N3O4/c1-2-8-21(16-26(33)30(13-14-31)18-20-9-4-3-5-10-20)27(34)29-23(19-32)15-22-17-28-25-12-7-6-11-24(22)25/h2-7,9-12,17,21,23,28,31-32H,1,8,13-16,18-19H2,(H,29,34)/t21-,23+/m1/s1. The van der Waals surface area contributed by atoms with Crippen molar-refractivity contribution in [3.63, 3.8) is 0 Å². The van der Waals surface area contributed by atoms with Gasteiger partial charge in [0.15, 0.2) is 0 Å². The van der Waals surface area contributed by atoms with Gasteiger partial charge in [-0.25, -0.2) is 0 Å². The number of allylic oxidation sites excluding steroid dienone is 1. The molecule has 1 aromatic heterocycles. The number of nitrogens with zero attached hydrogens (tertiary/aromatic N) is 1. The van der Waals surface area contributed by atoms with Crippen molar-refractivity contribution in [2.45, 2.75) is 31.8 Å². The maximum Gasteiger partial charge on any atom is 0.224 e. The van der Waals surface area contributed by atoms with Crippen LogP contribution in [0.2, 0.25) is 0 Å². The predicted octanol–water partition coefficient (Wildman–Crippen LogP) is 2.79. The third-order valence-corrected chi connectivity index (χ3v) is 5.89. The molecule has 2 atom stereocenters. The van der Waals surface area contributed by atoms with Gasteiger partial charge in [0.05, 0.1) is 25.2 Å². The smallest absolute Gasteiger partial charge is 0.224 e. The van der Waals surface area contributed by atoms with E-state index in [1.54, 1.807) is 11.0 Å². The van der Waals surface area contributed by atoms with Crippen LogP contribution in [0.5, 0.6) is 0 Å². The summed E-state index contributed by atoms with van der Waals surface area (Å²) in [6.45, 7) is 3.91. The fraction of sp³-hybridized carbons (Fsp3) is 0.333. The molecule has 1 heterocycles. The van der Waals surface area contributed by atoms with Crippen molar-refractivity contribution < 1.29 is 19.8 Å². The second-order valence-electron chi connectivity index (χ2n) is 8.40. The summed E-state index contributed by atoms with van der Waals surface area (Å²) in [7, 11) is 0. The quantitative estimate of drug-likeness (QED) is 0.293. The number of aliphatic hydroxyl groups excluding tert-OH is 2. The van der Waals surface area contributed by atoms with E-state index < -0.39 is 12.0 Å². The molecule has 3 rings (SSSR count). The van der Waals surface area contributed by atoms with Crippen LogP contribution in [0.15, 0.2) is 73.4 Å². The summed E-state index contributed by atoms with van der Waals surface area (Å²) >= 11 is 0. The first-order valence-corrected chi connectivity index (χ1v) is 11.5. The average molecular weight is 464 g/mol. The van der Waals surface area contributed by atoms with E-state index in [2.05, 4.69) is 16.9 Å². The van der Waals surface area contributed by atoms with Crippen LogP contribution in [0.3, 0.4) is 0 Å². The number of rotatable bonds is 13. The lowest BCUT2D eigenvalue weighted by Gasteiger charge is -2.25. The lowest BCUT2D eigenvalue weighted by molar-refractivity contribution is -0.137. The normalized spacial score (nSPS) is 12.8. The highest BCUT2D eigenvalue weighted by molar-refractivity contribution is 5.86. The van der Waals surface area contributed by atoms with Gasteiger partial charge in [-0.3, -0.25) is 9.59 Å². The third-order valence-electron chi connectivity index (χ3n) is 5.89. The fourth-order valence-electron chi connectivity index (χ4n) is 4.09. The molecule has 7 nitrogen and oxygen atoms in total. The molecule has 3 aromatic rings. The number of para-hydroxylation sites is 1. The Morgan fingerprint density at radius 2 is 1.82 bits per heavy atom. The number of amides is 2. The van der Waals surface area contributed by atoms with Gasteiger partial charge in [0, 0.05) is 36.6 Å². The first-order valence-electron chi connectivity index (χ1n) is 11.5. The molecule has 0 unspecified atom stereocenters. The van der Waals surface area contributed by atoms with Gasteiger partial charge in [-0.15, -0.1) is 6.58 Å². The zero-order chi connectivity index (χ0) is 24.3. The van der Waals surface area contributed by atoms with Gasteiger partial charge in [0.25, 0.3) is 0 Å². The second-order valence-corrected chi connectivity index (χ2v) is 8.40. The monoisotopic (exact) mass is 463 g/mol. The molecule has 34 heavy (non-hydrogen) atoms. The Hall–Kier alpha value is -3.42. The minimum absolute atomic E-state index is 0.00405. The number of hydrogen-bond acceptors (Lipinski definition) is 4. The Balaban J connectivity index is 1.65. The highest BCUT2D eigenvalue weighted by atomic mass is 16.3. The van der Waals surface area contributed by atoms with Gasteiger partial charge in [-0.1, -0.05) is 54.6 Å². The van der Waals surface area contributed by atoms with E-state index in [9.17, 15) is 19.8 Å². The zero-order valence-electron chi connectivity index (χ0n) is 19.3. The summed E-state index contributed by atoms with van der Waals surface area (Å²) in [4.78, 5) is 30.9. The molecule has 0 spiro atoms. The SMILES string of the molecule is C=CC[C@H](CC(=O)N(CCO)Cc1ccccc1)C(=O)N[C@H](CO)Cc1c[nH]c2ccccc12. The molecule has 0 fully saturated rings. The van der Waals surface area contributed by atoms with Gasteiger partial charge in [-0.2, -0.15) is 0 Å². The summed E-state index contributed by atoms with van der Waals surface area (Å²) in [5, 5.41) is 23.3. The Morgan fingerprint density at radius 3 is 2.53 bits per heavy atom. The van der Waals surface area contributed by atoms with Crippen molar-refractivity contribution in [2.75, 3.05) is 19.8 Å². The lowest BCUT2D eigenvalue weighted by atomic mass is 9.97. The zero-order valence-corrected chi connectivity index (χ0v) is 19.3. The van der Waals surface area contributed by atoms with Crippen molar-refractivity contribution >= 4 is 22.7 Å². The Kier molecular flexibility index (Phi) is 9.43. The summed E-state index contributed by atoms with van der Waals surface area (Å²) in [6, 6.07) is 16.9. The van der Waals surface area contributed by atoms with Crippen molar-refractivity contribution in [1.82, 2.24) is 15.2 Å². The van der Waals surface area contributed by atoms with E-state index in [-0.39, 0.29) is 38.0 Å². The van der Waals surface area contributed by atoms with Crippen LogP contribution in [0, 0.1) is 5.92 Å². The van der Waals surface area contributed by atoms with Crippen molar-refractivity contribution in [1.29, 1.82) is 0 Å². The van der Waals surface area contributed by atoms with Gasteiger partial charge in [-0.05, 0) is 30.0 Å². The summed E-state index contributed by atoms with van der Waals surface area (Å²) < 4.78 is 0. The number of fused-ring (bicyclic) bond motifs is 1. The highest BCUT2D eigenvalue weighted by Gasteiger charge is 2.26. The Bertz CT molecular complexity index is 1080. The first kappa shape index (κ1) is 25.2. The van der Waals surface area contributed by atoms with E-state index in [0.717, 1.165) is 22.0 Å². The third kappa shape index (κ3) is 6.79. The molecule has 2 amide bonds. The van der Waals surface area contributed by atoms with Crippen LogP contribution in [0.1, 0.15) is 24.0 Å². The second kappa shape index (κ2) is 12.7. The average Bonchev–Trinajstić information content (AvgIpc) is 3.26. The molecule has 0 bridgehead atoms. The molecule has 0 aliphatic heterocycles. The minimum Gasteiger partial charge on any atom is -0.395 e. The number of nitrogens with one attached hydrogen (secondary N) is 2. The maximum atomic E-state index is 13.1. The Labute approximate surface area is 200 Å². The molecule has 4 N–H and O–H groups in total. The van der Waals surface area contributed by atoms with Gasteiger partial charge in [0.2, 0.25) is 11.8 Å². The Morgan fingerprint density at radius 1 is 1.09 bits per heavy atom. The van der Waals surface area contributed by atoms with Crippen molar-refractivity contribution in [3.8, 4) is 0 Å². The van der Waals surface area contributed by atoms with Gasteiger partial charge < -0.3 is 25.4 Å². The molecule has 0 radical (unpaired) electrons. The largest absolute Gasteiger partial charge is 0.395 e. The molecule has 7 heteroatoms. The summed E-state index contributed by atoms with van der Waals surface area (Å²) in [6.07, 6.45) is 4.31. The molecule has 0 aliphatic carbocycles. The van der Waals surface area contributed by atoms with Gasteiger partial charge in [0.1, 0.15) is 0 Å². The molecular formula is C27H33N3O4. The molecule has 0 aliphatic rings. The van der Waals surface area contributed by atoms with E-state index in [0.29, 0.717) is 19.4 Å². The van der Waals surface area contributed by atoms with Crippen molar-refractivity contribution in [3.05, 3.63) is 84.6 Å². The van der Waals surface area contributed by atoms with Crippen LogP contribution in [0.25, 0.3) is 10.9 Å². The molecule has 0 saturated heterocycles. The number of benzene rings is 2. The number of H-pyrrole nitrogens is 1. The molecular weight excluding hydrogens is 430 g/mol. The number of carbonyl (C=O) groups excluding carboxylic acids is 2. The number of aliphatic hydroxyl groups is 2. The number of aromatic nitrogens is 1. The topological polar surface area (TPSA) is 106 Å². The van der Waals surface area contributed by atoms with Crippen LogP contribution in [-0.4, -0.2) is 57.7 Å². The van der Waals surface area contributed by atoms with E-state index in [4.69, 9.17) is 0 Å². The van der Waals surface area contributed by atoms with Crippen molar-refractivity contribution in [2.24, 2.45) is 5.92 Å². The summed E-state index contributed by atoms with van der Waals surface area (Å²) in [5.41, 5.74) is 2.95. The van der Waals surface area contributed by atoms with Crippen LogP contribution >= 0.6 is 0 Å². The predicted molar refractivity (Wildman–Crippen MR) is 133 cm³/mol. The van der Waals surface area contributed by atoms with Gasteiger partial charge >= 0.3 is 0 Å². The van der Waals surface area contributed by atoms with E-state index in [1.807, 2.05) is 60.8 Å². The highest BCUT2D eigenvalue weighted by Crippen LogP contribution is 2.20. The molecule has 2 aromatic carbocycles. The van der Waals surface area contributed by atoms with Crippen LogP contribution in [0.4, 0.5) is 0 Å². The molecule has 180 valence electrons. The molecule has 0 saturated carbocycles. The van der Waals surface area contributed by atoms with E-state index >= 15 is 0 Å². The maximum absolute atomic E-state index is 13.1. The van der Waals surface area contributed by atoms with Crippen LogP contribution in [-0.2, 0) is 22.6 Å². The minimum atomic E-state index is -0.612. The number of aromatic amines is 1. The van der Waals surface area contributed by atoms with Crippen LogP contribution < -0.4 is 5.32 Å². The first-order chi connectivity index (χ1) is 16.5. The van der Waals surface area contributed by atoms with E-state index in [1.165, 1.54) is 0 Å². The number of carbonyl (C=O) groups is 2.